The summed E-state index contributed by atoms with van der Waals surface area (Å²) in [5.41, 5.74) is 5.53. The average Bonchev–Trinajstić information content (AvgIpc) is 2.37. The standard InChI is InChI=1S/C15H30N2O2/c1-2-3-4-5-6-7-8-9-10-11-15(19)17-14(16)12-13-18/h13-14H,2-12,16H2,1H3,(H,17,19). The zero-order chi connectivity index (χ0) is 14.3. The third kappa shape index (κ3) is 13.3. The molecular weight excluding hydrogens is 240 g/mol. The van der Waals surface area contributed by atoms with Crippen LogP contribution < -0.4 is 11.1 Å². The highest BCUT2D eigenvalue weighted by Crippen LogP contribution is 2.10. The van der Waals surface area contributed by atoms with Crippen LogP contribution in [-0.2, 0) is 9.59 Å². The second-order valence-electron chi connectivity index (χ2n) is 5.15. The number of carbonyl (C=O) groups is 2. The third-order valence-corrected chi connectivity index (χ3v) is 3.20. The minimum atomic E-state index is -0.524. The van der Waals surface area contributed by atoms with Gasteiger partial charge in [0, 0.05) is 12.8 Å². The fourth-order valence-corrected chi connectivity index (χ4v) is 2.04. The van der Waals surface area contributed by atoms with Crippen molar-refractivity contribution in [2.24, 2.45) is 5.73 Å². The first-order chi connectivity index (χ1) is 9.20. The first-order valence-corrected chi connectivity index (χ1v) is 7.69. The Morgan fingerprint density at radius 2 is 1.58 bits per heavy atom. The van der Waals surface area contributed by atoms with E-state index in [0.29, 0.717) is 6.42 Å². The molecule has 0 aliphatic carbocycles. The number of aldehydes is 1. The van der Waals surface area contributed by atoms with Crippen molar-refractivity contribution in [1.82, 2.24) is 5.32 Å². The van der Waals surface area contributed by atoms with Gasteiger partial charge in [0.2, 0.25) is 5.91 Å². The molecule has 19 heavy (non-hydrogen) atoms. The van der Waals surface area contributed by atoms with Crippen LogP contribution in [0.25, 0.3) is 0 Å². The van der Waals surface area contributed by atoms with Crippen LogP contribution in [0.4, 0.5) is 0 Å². The lowest BCUT2D eigenvalue weighted by Crippen LogP contribution is -2.41. The third-order valence-electron chi connectivity index (χ3n) is 3.20. The number of unbranched alkanes of at least 4 members (excludes halogenated alkanes) is 8. The normalized spacial score (nSPS) is 12.1. The first-order valence-electron chi connectivity index (χ1n) is 7.69. The number of hydrogen-bond acceptors (Lipinski definition) is 3. The van der Waals surface area contributed by atoms with Crippen LogP contribution in [0.2, 0.25) is 0 Å². The Morgan fingerprint density at radius 3 is 2.11 bits per heavy atom. The molecule has 0 heterocycles. The molecule has 3 N–H and O–H groups in total. The molecule has 0 aliphatic rings. The van der Waals surface area contributed by atoms with Gasteiger partial charge in [-0.3, -0.25) is 4.79 Å². The molecule has 0 fully saturated rings. The lowest BCUT2D eigenvalue weighted by molar-refractivity contribution is -0.122. The number of carbonyl (C=O) groups excluding carboxylic acids is 2. The number of rotatable bonds is 13. The van der Waals surface area contributed by atoms with Gasteiger partial charge >= 0.3 is 0 Å². The highest BCUT2D eigenvalue weighted by Gasteiger charge is 2.06. The smallest absolute Gasteiger partial charge is 0.221 e. The van der Waals surface area contributed by atoms with Crippen LogP contribution in [0, 0.1) is 0 Å². The van der Waals surface area contributed by atoms with Gasteiger partial charge in [0.15, 0.2) is 0 Å². The monoisotopic (exact) mass is 270 g/mol. The molecule has 112 valence electrons. The highest BCUT2D eigenvalue weighted by atomic mass is 16.1. The van der Waals surface area contributed by atoms with E-state index in [1.54, 1.807) is 0 Å². The molecule has 0 spiro atoms. The summed E-state index contributed by atoms with van der Waals surface area (Å²) in [6.07, 6.45) is 12.1. The molecule has 1 amide bonds. The van der Waals surface area contributed by atoms with Crippen LogP contribution in [0.15, 0.2) is 0 Å². The molecule has 0 aromatic heterocycles. The van der Waals surface area contributed by atoms with Crippen molar-refractivity contribution in [2.75, 3.05) is 0 Å². The van der Waals surface area contributed by atoms with Crippen LogP contribution in [0.5, 0.6) is 0 Å². The van der Waals surface area contributed by atoms with Crippen LogP contribution >= 0.6 is 0 Å². The first kappa shape index (κ1) is 18.1. The van der Waals surface area contributed by atoms with Crippen molar-refractivity contribution in [2.45, 2.75) is 83.7 Å². The molecule has 0 saturated carbocycles. The van der Waals surface area contributed by atoms with E-state index in [4.69, 9.17) is 5.73 Å². The van der Waals surface area contributed by atoms with Gasteiger partial charge in [-0.05, 0) is 6.42 Å². The maximum atomic E-state index is 11.4. The molecule has 0 aromatic rings. The minimum Gasteiger partial charge on any atom is -0.341 e. The second kappa shape index (κ2) is 13.5. The summed E-state index contributed by atoms with van der Waals surface area (Å²) in [7, 11) is 0. The van der Waals surface area contributed by atoms with Crippen molar-refractivity contribution >= 4 is 12.2 Å². The Bertz CT molecular complexity index is 232. The van der Waals surface area contributed by atoms with E-state index in [2.05, 4.69) is 12.2 Å². The van der Waals surface area contributed by atoms with E-state index in [1.807, 2.05) is 0 Å². The fourth-order valence-electron chi connectivity index (χ4n) is 2.04. The highest BCUT2D eigenvalue weighted by molar-refractivity contribution is 5.76. The maximum Gasteiger partial charge on any atom is 0.221 e. The van der Waals surface area contributed by atoms with E-state index >= 15 is 0 Å². The zero-order valence-electron chi connectivity index (χ0n) is 12.3. The molecule has 0 aromatic carbocycles. The zero-order valence-corrected chi connectivity index (χ0v) is 12.3. The Hall–Kier alpha value is -0.900. The van der Waals surface area contributed by atoms with Gasteiger partial charge in [-0.1, -0.05) is 58.3 Å². The Kier molecular flexibility index (Phi) is 12.9. The summed E-state index contributed by atoms with van der Waals surface area (Å²) in [5, 5.41) is 2.61. The number of nitrogens with one attached hydrogen (secondary N) is 1. The number of nitrogens with two attached hydrogens (primary N) is 1. The average molecular weight is 270 g/mol. The SMILES string of the molecule is CCCCCCCCCCCC(=O)NC(N)CC=O. The summed E-state index contributed by atoms with van der Waals surface area (Å²) in [6, 6.07) is 0. The largest absolute Gasteiger partial charge is 0.341 e. The molecule has 4 heteroatoms. The lowest BCUT2D eigenvalue weighted by atomic mass is 10.1. The molecule has 0 bridgehead atoms. The Morgan fingerprint density at radius 1 is 1.05 bits per heavy atom. The molecular formula is C15H30N2O2. The molecule has 1 unspecified atom stereocenters. The number of hydrogen-bond donors (Lipinski definition) is 2. The quantitative estimate of drug-likeness (QED) is 0.307. The van der Waals surface area contributed by atoms with Gasteiger partial charge < -0.3 is 15.8 Å². The molecule has 0 radical (unpaired) electrons. The van der Waals surface area contributed by atoms with Crippen molar-refractivity contribution in [3.05, 3.63) is 0 Å². The van der Waals surface area contributed by atoms with Crippen LogP contribution in [-0.4, -0.2) is 18.4 Å². The summed E-state index contributed by atoms with van der Waals surface area (Å²) in [6.45, 7) is 2.23. The van der Waals surface area contributed by atoms with E-state index in [0.717, 1.165) is 19.1 Å². The van der Waals surface area contributed by atoms with Crippen molar-refractivity contribution < 1.29 is 9.59 Å². The van der Waals surface area contributed by atoms with E-state index in [9.17, 15) is 9.59 Å². The Balaban J connectivity index is 3.25. The van der Waals surface area contributed by atoms with E-state index in [1.165, 1.54) is 44.9 Å². The maximum absolute atomic E-state index is 11.4. The number of amides is 1. The van der Waals surface area contributed by atoms with Gasteiger partial charge in [0.1, 0.15) is 6.29 Å². The van der Waals surface area contributed by atoms with Crippen LogP contribution in [0.3, 0.4) is 0 Å². The molecule has 0 saturated heterocycles. The predicted molar refractivity (Wildman–Crippen MR) is 78.6 cm³/mol. The van der Waals surface area contributed by atoms with E-state index < -0.39 is 6.17 Å². The van der Waals surface area contributed by atoms with Gasteiger partial charge in [-0.25, -0.2) is 0 Å². The molecule has 0 aliphatic heterocycles. The summed E-state index contributed by atoms with van der Waals surface area (Å²) in [4.78, 5) is 21.6. The summed E-state index contributed by atoms with van der Waals surface area (Å²) >= 11 is 0. The molecule has 4 nitrogen and oxygen atoms in total. The molecule has 1 atom stereocenters. The lowest BCUT2D eigenvalue weighted by Gasteiger charge is -2.10. The second-order valence-corrected chi connectivity index (χ2v) is 5.15. The predicted octanol–water partition coefficient (Wildman–Crippen LogP) is 2.90. The van der Waals surface area contributed by atoms with Crippen molar-refractivity contribution in [3.63, 3.8) is 0 Å². The van der Waals surface area contributed by atoms with E-state index in [-0.39, 0.29) is 12.3 Å². The van der Waals surface area contributed by atoms with Gasteiger partial charge in [0.25, 0.3) is 0 Å². The Labute approximate surface area is 117 Å². The van der Waals surface area contributed by atoms with Gasteiger partial charge in [0.05, 0.1) is 6.17 Å². The summed E-state index contributed by atoms with van der Waals surface area (Å²) in [5.74, 6) is -0.0442. The van der Waals surface area contributed by atoms with Gasteiger partial charge in [-0.2, -0.15) is 0 Å². The molecule has 0 rings (SSSR count). The van der Waals surface area contributed by atoms with Crippen LogP contribution in [0.1, 0.15) is 77.6 Å². The fraction of sp³-hybridized carbons (Fsp3) is 0.867. The van der Waals surface area contributed by atoms with Crippen molar-refractivity contribution in [1.29, 1.82) is 0 Å². The summed E-state index contributed by atoms with van der Waals surface area (Å²) < 4.78 is 0. The van der Waals surface area contributed by atoms with Crippen molar-refractivity contribution in [3.8, 4) is 0 Å². The minimum absolute atomic E-state index is 0.0442. The topological polar surface area (TPSA) is 72.2 Å². The van der Waals surface area contributed by atoms with Gasteiger partial charge in [-0.15, -0.1) is 0 Å².